The van der Waals surface area contributed by atoms with E-state index in [0.29, 0.717) is 23.3 Å². The topological polar surface area (TPSA) is 54.0 Å². The highest BCUT2D eigenvalue weighted by molar-refractivity contribution is 6.30. The zero-order chi connectivity index (χ0) is 14.4. The van der Waals surface area contributed by atoms with Crippen molar-refractivity contribution in [2.24, 2.45) is 0 Å². The molecule has 0 aliphatic rings. The Hall–Kier alpha value is -1.78. The Morgan fingerprint density at radius 3 is 2.15 bits per heavy atom. The Labute approximate surface area is 127 Å². The van der Waals surface area contributed by atoms with Gasteiger partial charge in [-0.05, 0) is 29.3 Å². The van der Waals surface area contributed by atoms with E-state index in [4.69, 9.17) is 23.2 Å². The summed E-state index contributed by atoms with van der Waals surface area (Å²) in [6, 6.07) is 10.6. The van der Waals surface area contributed by atoms with Crippen LogP contribution in [0.3, 0.4) is 0 Å². The molecule has 0 aliphatic carbocycles. The van der Waals surface area contributed by atoms with Crippen molar-refractivity contribution in [1.82, 2.24) is 15.6 Å². The number of amides is 2. The molecule has 0 fully saturated rings. The van der Waals surface area contributed by atoms with Gasteiger partial charge in [0.25, 0.3) is 0 Å². The third kappa shape index (κ3) is 4.72. The second-order valence-corrected chi connectivity index (χ2v) is 4.98. The van der Waals surface area contributed by atoms with Crippen molar-refractivity contribution in [3.63, 3.8) is 0 Å². The zero-order valence-electron chi connectivity index (χ0n) is 10.6. The maximum atomic E-state index is 11.6. The van der Waals surface area contributed by atoms with Gasteiger partial charge < -0.3 is 10.6 Å². The van der Waals surface area contributed by atoms with Gasteiger partial charge in [-0.1, -0.05) is 41.4 Å². The summed E-state index contributed by atoms with van der Waals surface area (Å²) >= 11 is 11.5. The number of rotatable bonds is 4. The van der Waals surface area contributed by atoms with Crippen molar-refractivity contribution < 1.29 is 4.79 Å². The first-order chi connectivity index (χ1) is 9.63. The first kappa shape index (κ1) is 14.6. The Kier molecular flexibility index (Phi) is 5.21. The van der Waals surface area contributed by atoms with Crippen molar-refractivity contribution in [3.05, 3.63) is 63.9 Å². The third-order valence-electron chi connectivity index (χ3n) is 2.61. The molecule has 2 rings (SSSR count). The van der Waals surface area contributed by atoms with Crippen LogP contribution in [0.5, 0.6) is 0 Å². The molecule has 0 saturated carbocycles. The minimum atomic E-state index is -0.241. The molecule has 1 aromatic heterocycles. The van der Waals surface area contributed by atoms with Gasteiger partial charge in [0.1, 0.15) is 5.15 Å². The van der Waals surface area contributed by atoms with Gasteiger partial charge in [0.2, 0.25) is 0 Å². The van der Waals surface area contributed by atoms with E-state index in [1.54, 1.807) is 24.4 Å². The standard InChI is InChI=1S/C14H13Cl2N3O/c15-12-4-1-10(2-5-12)7-18-14(20)19-9-11-3-6-13(16)17-8-11/h1-6,8H,7,9H2,(H2,18,19,20). The van der Waals surface area contributed by atoms with E-state index >= 15 is 0 Å². The van der Waals surface area contributed by atoms with Crippen LogP contribution in [0.25, 0.3) is 0 Å². The Morgan fingerprint density at radius 2 is 1.55 bits per heavy atom. The van der Waals surface area contributed by atoms with Crippen molar-refractivity contribution in [1.29, 1.82) is 0 Å². The van der Waals surface area contributed by atoms with Crippen LogP contribution in [0, 0.1) is 0 Å². The molecular formula is C14H13Cl2N3O. The summed E-state index contributed by atoms with van der Waals surface area (Å²) in [4.78, 5) is 15.6. The van der Waals surface area contributed by atoms with Crippen molar-refractivity contribution in [2.45, 2.75) is 13.1 Å². The van der Waals surface area contributed by atoms with E-state index < -0.39 is 0 Å². The Morgan fingerprint density at radius 1 is 0.950 bits per heavy atom. The van der Waals surface area contributed by atoms with E-state index in [0.717, 1.165) is 11.1 Å². The van der Waals surface area contributed by atoms with Crippen LogP contribution in [-0.2, 0) is 13.1 Å². The van der Waals surface area contributed by atoms with Crippen molar-refractivity contribution in [2.75, 3.05) is 0 Å². The first-order valence-corrected chi connectivity index (χ1v) is 6.75. The molecular weight excluding hydrogens is 297 g/mol. The summed E-state index contributed by atoms with van der Waals surface area (Å²) in [5.74, 6) is 0. The van der Waals surface area contributed by atoms with Crippen LogP contribution in [-0.4, -0.2) is 11.0 Å². The lowest BCUT2D eigenvalue weighted by Gasteiger charge is -2.07. The molecule has 1 aromatic carbocycles. The van der Waals surface area contributed by atoms with Gasteiger partial charge in [0.15, 0.2) is 0 Å². The van der Waals surface area contributed by atoms with Gasteiger partial charge in [0, 0.05) is 24.3 Å². The molecule has 0 saturated heterocycles. The number of nitrogens with zero attached hydrogens (tertiary/aromatic N) is 1. The minimum absolute atomic E-state index is 0.241. The molecule has 6 heteroatoms. The number of nitrogens with one attached hydrogen (secondary N) is 2. The quantitative estimate of drug-likeness (QED) is 0.851. The number of halogens is 2. The number of urea groups is 1. The van der Waals surface area contributed by atoms with E-state index in [1.807, 2.05) is 18.2 Å². The van der Waals surface area contributed by atoms with Crippen molar-refractivity contribution in [3.8, 4) is 0 Å². The lowest BCUT2D eigenvalue weighted by atomic mass is 10.2. The van der Waals surface area contributed by atoms with Gasteiger partial charge in [-0.2, -0.15) is 0 Å². The summed E-state index contributed by atoms with van der Waals surface area (Å²) in [7, 11) is 0. The van der Waals surface area contributed by atoms with Gasteiger partial charge >= 0.3 is 6.03 Å². The molecule has 0 atom stereocenters. The summed E-state index contributed by atoms with van der Waals surface area (Å²) in [5, 5.41) is 6.61. The maximum absolute atomic E-state index is 11.6. The van der Waals surface area contributed by atoms with Gasteiger partial charge in [-0.15, -0.1) is 0 Å². The predicted octanol–water partition coefficient (Wildman–Crippen LogP) is 3.39. The van der Waals surface area contributed by atoms with E-state index in [1.165, 1.54) is 0 Å². The Bertz CT molecular complexity index is 518. The number of benzene rings is 1. The van der Waals surface area contributed by atoms with Crippen LogP contribution in [0.2, 0.25) is 10.2 Å². The molecule has 0 unspecified atom stereocenters. The number of hydrogen-bond donors (Lipinski definition) is 2. The Balaban J connectivity index is 1.75. The fourth-order valence-electron chi connectivity index (χ4n) is 1.54. The second-order valence-electron chi connectivity index (χ2n) is 4.15. The SMILES string of the molecule is O=C(NCc1ccc(Cl)cc1)NCc1ccc(Cl)nc1. The van der Waals surface area contributed by atoms with E-state index in [9.17, 15) is 4.79 Å². The molecule has 2 amide bonds. The summed E-state index contributed by atoms with van der Waals surface area (Å²) in [5.41, 5.74) is 1.87. The molecule has 4 nitrogen and oxygen atoms in total. The number of aromatic nitrogens is 1. The number of carbonyl (C=O) groups is 1. The van der Waals surface area contributed by atoms with Gasteiger partial charge in [-0.25, -0.2) is 9.78 Å². The van der Waals surface area contributed by atoms with E-state index in [2.05, 4.69) is 15.6 Å². The predicted molar refractivity (Wildman–Crippen MR) is 79.8 cm³/mol. The third-order valence-corrected chi connectivity index (χ3v) is 3.08. The lowest BCUT2D eigenvalue weighted by molar-refractivity contribution is 0.240. The first-order valence-electron chi connectivity index (χ1n) is 6.00. The monoisotopic (exact) mass is 309 g/mol. The zero-order valence-corrected chi connectivity index (χ0v) is 12.1. The minimum Gasteiger partial charge on any atom is -0.334 e. The molecule has 104 valence electrons. The second kappa shape index (κ2) is 7.12. The number of pyridine rings is 1. The smallest absolute Gasteiger partial charge is 0.315 e. The largest absolute Gasteiger partial charge is 0.334 e. The van der Waals surface area contributed by atoms with Crippen LogP contribution in [0.1, 0.15) is 11.1 Å². The summed E-state index contributed by atoms with van der Waals surface area (Å²) in [6.45, 7) is 0.846. The van der Waals surface area contributed by atoms with Crippen molar-refractivity contribution >= 4 is 29.2 Å². The normalized spacial score (nSPS) is 10.1. The molecule has 1 heterocycles. The molecule has 0 aliphatic heterocycles. The molecule has 0 spiro atoms. The summed E-state index contributed by atoms with van der Waals surface area (Å²) in [6.07, 6.45) is 1.63. The highest BCUT2D eigenvalue weighted by atomic mass is 35.5. The fourth-order valence-corrected chi connectivity index (χ4v) is 1.78. The summed E-state index contributed by atoms with van der Waals surface area (Å²) < 4.78 is 0. The lowest BCUT2D eigenvalue weighted by Crippen LogP contribution is -2.34. The van der Waals surface area contributed by atoms with Crippen LogP contribution >= 0.6 is 23.2 Å². The molecule has 2 N–H and O–H groups in total. The van der Waals surface area contributed by atoms with Gasteiger partial charge in [0.05, 0.1) is 0 Å². The average Bonchev–Trinajstić information content (AvgIpc) is 2.46. The van der Waals surface area contributed by atoms with Gasteiger partial charge in [-0.3, -0.25) is 0 Å². The molecule has 0 radical (unpaired) electrons. The average molecular weight is 310 g/mol. The highest BCUT2D eigenvalue weighted by Gasteiger charge is 2.01. The molecule has 2 aromatic rings. The highest BCUT2D eigenvalue weighted by Crippen LogP contribution is 2.09. The number of carbonyl (C=O) groups excluding carboxylic acids is 1. The fraction of sp³-hybridized carbons (Fsp3) is 0.143. The van der Waals surface area contributed by atoms with Crippen LogP contribution < -0.4 is 10.6 Å². The molecule has 0 bridgehead atoms. The number of hydrogen-bond acceptors (Lipinski definition) is 2. The van der Waals surface area contributed by atoms with Crippen LogP contribution in [0.15, 0.2) is 42.6 Å². The maximum Gasteiger partial charge on any atom is 0.315 e. The molecule has 20 heavy (non-hydrogen) atoms. The van der Waals surface area contributed by atoms with Crippen LogP contribution in [0.4, 0.5) is 4.79 Å². The van der Waals surface area contributed by atoms with E-state index in [-0.39, 0.29) is 6.03 Å².